The average Bonchev–Trinajstić information content (AvgIpc) is 3.08. The smallest absolute Gasteiger partial charge is 0.300 e. The Bertz CT molecular complexity index is 1340. The zero-order chi connectivity index (χ0) is 25.5. The van der Waals surface area contributed by atoms with Crippen molar-refractivity contribution in [2.75, 3.05) is 12.0 Å². The van der Waals surface area contributed by atoms with Crippen LogP contribution < -0.4 is 9.64 Å². The first-order chi connectivity index (χ1) is 16.5. The highest BCUT2D eigenvalue weighted by Gasteiger charge is 2.48. The Kier molecular flexibility index (Phi) is 6.19. The van der Waals surface area contributed by atoms with Crippen molar-refractivity contribution >= 4 is 23.1 Å². The van der Waals surface area contributed by atoms with Crippen molar-refractivity contribution in [3.63, 3.8) is 0 Å². The predicted octanol–water partition coefficient (Wildman–Crippen LogP) is 5.90. The van der Waals surface area contributed by atoms with Gasteiger partial charge in [-0.15, -0.1) is 0 Å². The molecule has 1 atom stereocenters. The van der Waals surface area contributed by atoms with E-state index in [1.807, 2.05) is 26.8 Å². The topological polar surface area (TPSA) is 66.8 Å². The van der Waals surface area contributed by atoms with E-state index >= 15 is 0 Å². The molecule has 0 aromatic heterocycles. The summed E-state index contributed by atoms with van der Waals surface area (Å²) in [6.45, 7) is 6.00. The van der Waals surface area contributed by atoms with Crippen LogP contribution in [0.1, 0.15) is 43.5 Å². The van der Waals surface area contributed by atoms with E-state index in [-0.39, 0.29) is 22.2 Å². The lowest BCUT2D eigenvalue weighted by Gasteiger charge is -2.26. The SMILES string of the molecule is COc1ccc(C(C)(C)C)cc1/C(O)=C1\C(=O)C(=O)N(c2ccc(F)cc2F)C1c1ccccc1. The number of methoxy groups -OCH3 is 1. The Morgan fingerprint density at radius 2 is 1.66 bits per heavy atom. The van der Waals surface area contributed by atoms with E-state index in [0.717, 1.165) is 22.6 Å². The maximum atomic E-state index is 14.8. The number of nitrogens with zero attached hydrogens (tertiary/aromatic N) is 1. The number of benzene rings is 3. The third kappa shape index (κ3) is 4.30. The van der Waals surface area contributed by atoms with E-state index < -0.39 is 35.1 Å². The van der Waals surface area contributed by atoms with E-state index in [0.29, 0.717) is 17.4 Å². The molecule has 3 aromatic carbocycles. The molecular formula is C28H25F2NO4. The summed E-state index contributed by atoms with van der Waals surface area (Å²) in [4.78, 5) is 27.5. The van der Waals surface area contributed by atoms with Gasteiger partial charge in [0, 0.05) is 6.07 Å². The molecule has 0 aliphatic carbocycles. The first-order valence-electron chi connectivity index (χ1n) is 11.0. The molecule has 3 aromatic rings. The quantitative estimate of drug-likeness (QED) is 0.289. The van der Waals surface area contributed by atoms with Crippen LogP contribution in [0.2, 0.25) is 0 Å². The lowest BCUT2D eigenvalue weighted by molar-refractivity contribution is -0.132. The number of hydrogen-bond acceptors (Lipinski definition) is 4. The van der Waals surface area contributed by atoms with Gasteiger partial charge in [0.1, 0.15) is 23.1 Å². The number of ether oxygens (including phenoxy) is 1. The van der Waals surface area contributed by atoms with Crippen LogP contribution in [0.15, 0.2) is 72.3 Å². The number of carbonyl (C=O) groups excluding carboxylic acids is 2. The van der Waals surface area contributed by atoms with Crippen LogP contribution in [-0.4, -0.2) is 23.9 Å². The molecule has 0 spiro atoms. The molecule has 1 heterocycles. The molecule has 1 aliphatic rings. The number of amides is 1. The van der Waals surface area contributed by atoms with E-state index in [1.165, 1.54) is 7.11 Å². The van der Waals surface area contributed by atoms with E-state index in [2.05, 4.69) is 0 Å². The molecule has 0 saturated carbocycles. The van der Waals surface area contributed by atoms with Gasteiger partial charge >= 0.3 is 0 Å². The standard InChI is InChI=1S/C28H25F2NO4/c1-28(2,3)17-10-13-22(35-4)19(14-17)25(32)23-24(16-8-6-5-7-9-16)31(27(34)26(23)33)21-12-11-18(29)15-20(21)30/h5-15,24,32H,1-4H3/b25-23+. The monoisotopic (exact) mass is 477 g/mol. The lowest BCUT2D eigenvalue weighted by atomic mass is 9.85. The van der Waals surface area contributed by atoms with Gasteiger partial charge in [-0.05, 0) is 40.8 Å². The first-order valence-corrected chi connectivity index (χ1v) is 11.0. The lowest BCUT2D eigenvalue weighted by Crippen LogP contribution is -2.30. The zero-order valence-electron chi connectivity index (χ0n) is 19.8. The summed E-state index contributed by atoms with van der Waals surface area (Å²) in [5.74, 6) is -3.96. The number of aliphatic hydroxyl groups excluding tert-OH is 1. The van der Waals surface area contributed by atoms with Crippen LogP contribution >= 0.6 is 0 Å². The van der Waals surface area contributed by atoms with Crippen LogP contribution in [0.4, 0.5) is 14.5 Å². The number of halogens is 2. The van der Waals surface area contributed by atoms with Crippen molar-refractivity contribution in [3.8, 4) is 5.75 Å². The third-order valence-corrected chi connectivity index (χ3v) is 6.05. The Balaban J connectivity index is 2.00. The second kappa shape index (κ2) is 8.98. The van der Waals surface area contributed by atoms with Gasteiger partial charge in [0.05, 0.1) is 30.0 Å². The second-order valence-corrected chi connectivity index (χ2v) is 9.34. The van der Waals surface area contributed by atoms with Crippen molar-refractivity contribution in [1.29, 1.82) is 0 Å². The molecule has 5 nitrogen and oxygen atoms in total. The molecular weight excluding hydrogens is 452 g/mol. The molecule has 1 unspecified atom stereocenters. The zero-order valence-corrected chi connectivity index (χ0v) is 19.8. The van der Waals surface area contributed by atoms with Crippen molar-refractivity contribution in [2.24, 2.45) is 0 Å². The molecule has 1 N–H and O–H groups in total. The summed E-state index contributed by atoms with van der Waals surface area (Å²) >= 11 is 0. The third-order valence-electron chi connectivity index (χ3n) is 6.05. The number of rotatable bonds is 4. The van der Waals surface area contributed by atoms with Gasteiger partial charge in [0.2, 0.25) is 0 Å². The molecule has 0 radical (unpaired) electrons. The maximum Gasteiger partial charge on any atom is 0.300 e. The van der Waals surface area contributed by atoms with Crippen molar-refractivity contribution in [1.82, 2.24) is 0 Å². The normalized spacial score (nSPS) is 17.7. The largest absolute Gasteiger partial charge is 0.507 e. The van der Waals surface area contributed by atoms with Gasteiger partial charge in [0.15, 0.2) is 0 Å². The summed E-state index contributed by atoms with van der Waals surface area (Å²) in [6, 6.07) is 15.4. The molecule has 180 valence electrons. The van der Waals surface area contributed by atoms with Crippen LogP contribution in [-0.2, 0) is 15.0 Å². The number of Topliss-reactive ketones (excluding diaryl/α,β-unsaturated/α-hetero) is 1. The fourth-order valence-corrected chi connectivity index (χ4v) is 4.21. The maximum absolute atomic E-state index is 14.8. The summed E-state index contributed by atoms with van der Waals surface area (Å²) in [7, 11) is 1.43. The molecule has 35 heavy (non-hydrogen) atoms. The minimum Gasteiger partial charge on any atom is -0.507 e. The van der Waals surface area contributed by atoms with E-state index in [9.17, 15) is 23.5 Å². The van der Waals surface area contributed by atoms with Crippen molar-refractivity contribution < 1.29 is 28.2 Å². The Morgan fingerprint density at radius 3 is 2.26 bits per heavy atom. The van der Waals surface area contributed by atoms with E-state index in [4.69, 9.17) is 4.74 Å². The minimum absolute atomic E-state index is 0.214. The number of carbonyl (C=O) groups is 2. The molecule has 0 bridgehead atoms. The highest BCUT2D eigenvalue weighted by molar-refractivity contribution is 6.51. The van der Waals surface area contributed by atoms with Crippen molar-refractivity contribution in [3.05, 3.63) is 101 Å². The fourth-order valence-electron chi connectivity index (χ4n) is 4.21. The van der Waals surface area contributed by atoms with Crippen LogP contribution in [0.5, 0.6) is 5.75 Å². The fraction of sp³-hybridized carbons (Fsp3) is 0.214. The van der Waals surface area contributed by atoms with Gasteiger partial charge in [-0.2, -0.15) is 0 Å². The number of ketones is 1. The average molecular weight is 478 g/mol. The van der Waals surface area contributed by atoms with Crippen LogP contribution in [0.25, 0.3) is 5.76 Å². The van der Waals surface area contributed by atoms with Gasteiger partial charge in [-0.3, -0.25) is 14.5 Å². The molecule has 1 amide bonds. The van der Waals surface area contributed by atoms with Crippen molar-refractivity contribution in [2.45, 2.75) is 32.2 Å². The highest BCUT2D eigenvalue weighted by atomic mass is 19.1. The Hall–Kier alpha value is -4.00. The van der Waals surface area contributed by atoms with Gasteiger partial charge < -0.3 is 9.84 Å². The summed E-state index contributed by atoms with van der Waals surface area (Å²) < 4.78 is 33.8. The summed E-state index contributed by atoms with van der Waals surface area (Å²) in [5, 5.41) is 11.5. The molecule has 7 heteroatoms. The number of hydrogen-bond donors (Lipinski definition) is 1. The molecule has 1 saturated heterocycles. The first kappa shape index (κ1) is 24.1. The Morgan fingerprint density at radius 1 is 0.971 bits per heavy atom. The predicted molar refractivity (Wildman–Crippen MR) is 129 cm³/mol. The Labute approximate surface area is 202 Å². The van der Waals surface area contributed by atoms with Gasteiger partial charge in [-0.1, -0.05) is 57.2 Å². The second-order valence-electron chi connectivity index (χ2n) is 9.34. The van der Waals surface area contributed by atoms with E-state index in [1.54, 1.807) is 42.5 Å². The minimum atomic E-state index is -1.14. The molecule has 1 aliphatic heterocycles. The summed E-state index contributed by atoms with van der Waals surface area (Å²) in [5.41, 5.74) is 0.825. The molecule has 1 fully saturated rings. The number of aliphatic hydroxyl groups is 1. The van der Waals surface area contributed by atoms with Gasteiger partial charge in [-0.25, -0.2) is 8.78 Å². The number of anilines is 1. The summed E-state index contributed by atoms with van der Waals surface area (Å²) in [6.07, 6.45) is 0. The highest BCUT2D eigenvalue weighted by Crippen LogP contribution is 2.44. The van der Waals surface area contributed by atoms with Gasteiger partial charge in [0.25, 0.3) is 11.7 Å². The van der Waals surface area contributed by atoms with Crippen LogP contribution in [0, 0.1) is 11.6 Å². The van der Waals surface area contributed by atoms with Crippen LogP contribution in [0.3, 0.4) is 0 Å². The molecule has 4 rings (SSSR count).